The first kappa shape index (κ1) is 34.0. The van der Waals surface area contributed by atoms with E-state index in [1.807, 2.05) is 81.5 Å². The summed E-state index contributed by atoms with van der Waals surface area (Å²) in [5.74, 6) is 0.436. The van der Waals surface area contributed by atoms with Crippen molar-refractivity contribution in [2.24, 2.45) is 0 Å². The van der Waals surface area contributed by atoms with Crippen LogP contribution in [0.2, 0.25) is 0 Å². The van der Waals surface area contributed by atoms with Gasteiger partial charge in [0.05, 0.1) is 18.7 Å². The molecule has 0 saturated heterocycles. The Labute approximate surface area is 270 Å². The highest BCUT2D eigenvalue weighted by Gasteiger charge is 2.22. The van der Waals surface area contributed by atoms with E-state index in [4.69, 9.17) is 18.6 Å². The third-order valence-corrected chi connectivity index (χ3v) is 6.66. The molecule has 0 radical (unpaired) electrons. The average molecular weight is 628 g/mol. The normalized spacial score (nSPS) is 12.5. The van der Waals surface area contributed by atoms with Crippen molar-refractivity contribution in [1.82, 2.24) is 5.32 Å². The Morgan fingerprint density at radius 3 is 2.33 bits per heavy atom. The van der Waals surface area contributed by atoms with Gasteiger partial charge in [0.15, 0.2) is 0 Å². The van der Waals surface area contributed by atoms with E-state index in [-0.39, 0.29) is 19.0 Å². The van der Waals surface area contributed by atoms with Gasteiger partial charge in [-0.05, 0) is 108 Å². The largest absolute Gasteiger partial charge is 0.489 e. The molecule has 4 aromatic rings. The first-order valence-electron chi connectivity index (χ1n) is 15.2. The van der Waals surface area contributed by atoms with Crippen LogP contribution in [0.5, 0.6) is 5.75 Å². The molecule has 242 valence electrons. The third-order valence-electron chi connectivity index (χ3n) is 6.66. The summed E-state index contributed by atoms with van der Waals surface area (Å²) < 4.78 is 38.6. The number of hydrogen-bond donors (Lipinski definition) is 1. The van der Waals surface area contributed by atoms with Crippen LogP contribution in [0.25, 0.3) is 23.3 Å². The maximum absolute atomic E-state index is 16.1. The maximum Gasteiger partial charge on any atom is 0.408 e. The number of para-hydroxylation sites is 1. The van der Waals surface area contributed by atoms with E-state index in [2.05, 4.69) is 5.32 Å². The standard InChI is InChI=1S/C38H42FNO6/c1-25(40-36(42)46-38(5,6)7)31-14-10-15-32(35(31)39)29-21-26(17-18-30-13-11-19-43-30)20-27(22-29)24-44-33-16-9-8-12-28(33)23-34(41)45-37(2,3)4/h8-22,25H,23-24H2,1-7H3,(H,40,42). The van der Waals surface area contributed by atoms with Crippen LogP contribution >= 0.6 is 0 Å². The van der Waals surface area contributed by atoms with Crippen molar-refractivity contribution in [1.29, 1.82) is 0 Å². The topological polar surface area (TPSA) is 87.0 Å². The van der Waals surface area contributed by atoms with Gasteiger partial charge in [-0.2, -0.15) is 0 Å². The summed E-state index contributed by atoms with van der Waals surface area (Å²) in [6.45, 7) is 12.7. The molecular weight excluding hydrogens is 585 g/mol. The van der Waals surface area contributed by atoms with Crippen LogP contribution in [0, 0.1) is 5.82 Å². The number of alkyl carbamates (subject to hydrolysis) is 1. The summed E-state index contributed by atoms with van der Waals surface area (Å²) in [5.41, 5.74) is 2.35. The number of carbonyl (C=O) groups excluding carboxylic acids is 2. The van der Waals surface area contributed by atoms with Crippen LogP contribution in [0.3, 0.4) is 0 Å². The molecule has 1 heterocycles. The molecule has 1 aromatic heterocycles. The fraction of sp³-hybridized carbons (Fsp3) is 0.316. The van der Waals surface area contributed by atoms with Crippen LogP contribution in [0.1, 0.15) is 82.5 Å². The predicted molar refractivity (Wildman–Crippen MR) is 178 cm³/mol. The average Bonchev–Trinajstić information content (AvgIpc) is 3.47. The Morgan fingerprint density at radius 1 is 0.891 bits per heavy atom. The summed E-state index contributed by atoms with van der Waals surface area (Å²) in [5, 5.41) is 2.72. The molecule has 0 fully saturated rings. The van der Waals surface area contributed by atoms with Crippen molar-refractivity contribution < 1.29 is 32.6 Å². The fourth-order valence-corrected chi connectivity index (χ4v) is 4.77. The number of benzene rings is 3. The zero-order valence-corrected chi connectivity index (χ0v) is 27.5. The van der Waals surface area contributed by atoms with Gasteiger partial charge in [-0.25, -0.2) is 9.18 Å². The molecule has 0 saturated carbocycles. The minimum Gasteiger partial charge on any atom is -0.489 e. The molecule has 0 spiro atoms. The highest BCUT2D eigenvalue weighted by atomic mass is 19.1. The van der Waals surface area contributed by atoms with Crippen LogP contribution in [0.4, 0.5) is 9.18 Å². The minimum atomic E-state index is -0.678. The molecular formula is C38H42FNO6. The van der Waals surface area contributed by atoms with E-state index in [0.29, 0.717) is 33.8 Å². The number of furan rings is 1. The second kappa shape index (κ2) is 14.5. The van der Waals surface area contributed by atoms with Gasteiger partial charge in [-0.1, -0.05) is 42.5 Å². The molecule has 0 aliphatic carbocycles. The lowest BCUT2D eigenvalue weighted by atomic mass is 9.96. The lowest BCUT2D eigenvalue weighted by molar-refractivity contribution is -0.153. The molecule has 4 rings (SSSR count). The molecule has 0 bridgehead atoms. The number of ether oxygens (including phenoxy) is 3. The molecule has 8 heteroatoms. The van der Waals surface area contributed by atoms with Crippen molar-refractivity contribution in [3.8, 4) is 16.9 Å². The van der Waals surface area contributed by atoms with E-state index < -0.39 is 29.2 Å². The Balaban J connectivity index is 1.64. The lowest BCUT2D eigenvalue weighted by Gasteiger charge is -2.22. The maximum atomic E-state index is 16.1. The first-order chi connectivity index (χ1) is 21.7. The van der Waals surface area contributed by atoms with Crippen LogP contribution in [0.15, 0.2) is 83.5 Å². The first-order valence-corrected chi connectivity index (χ1v) is 15.2. The van der Waals surface area contributed by atoms with E-state index in [0.717, 1.165) is 11.1 Å². The van der Waals surface area contributed by atoms with Gasteiger partial charge >= 0.3 is 12.1 Å². The van der Waals surface area contributed by atoms with Crippen molar-refractivity contribution in [2.45, 2.75) is 78.7 Å². The Bertz CT molecular complexity index is 1680. The van der Waals surface area contributed by atoms with Gasteiger partial charge in [0.25, 0.3) is 0 Å². The van der Waals surface area contributed by atoms with Gasteiger partial charge in [0.2, 0.25) is 0 Å². The summed E-state index contributed by atoms with van der Waals surface area (Å²) in [4.78, 5) is 24.9. The van der Waals surface area contributed by atoms with Gasteiger partial charge < -0.3 is 23.9 Å². The Hall–Kier alpha value is -4.85. The summed E-state index contributed by atoms with van der Waals surface area (Å²) in [6, 6.07) is 21.2. The fourth-order valence-electron chi connectivity index (χ4n) is 4.77. The van der Waals surface area contributed by atoms with Crippen LogP contribution in [-0.4, -0.2) is 23.3 Å². The summed E-state index contributed by atoms with van der Waals surface area (Å²) in [6.07, 6.45) is 4.76. The van der Waals surface area contributed by atoms with Crippen molar-refractivity contribution >= 4 is 24.2 Å². The van der Waals surface area contributed by atoms with Gasteiger partial charge in [0.1, 0.15) is 35.1 Å². The quantitative estimate of drug-likeness (QED) is 0.176. The monoisotopic (exact) mass is 627 g/mol. The third kappa shape index (κ3) is 10.1. The van der Waals surface area contributed by atoms with Crippen LogP contribution < -0.4 is 10.1 Å². The number of amides is 1. The molecule has 0 aliphatic rings. The summed E-state index contributed by atoms with van der Waals surface area (Å²) in [7, 11) is 0. The van der Waals surface area contributed by atoms with E-state index in [9.17, 15) is 9.59 Å². The molecule has 0 aliphatic heterocycles. The number of esters is 1. The Kier molecular flexibility index (Phi) is 10.7. The molecule has 1 unspecified atom stereocenters. The van der Waals surface area contributed by atoms with Gasteiger partial charge in [0, 0.05) is 16.7 Å². The van der Waals surface area contributed by atoms with E-state index in [1.54, 1.807) is 58.2 Å². The number of hydrogen-bond acceptors (Lipinski definition) is 6. The zero-order chi connectivity index (χ0) is 33.5. The highest BCUT2D eigenvalue weighted by Crippen LogP contribution is 2.31. The summed E-state index contributed by atoms with van der Waals surface area (Å²) >= 11 is 0. The molecule has 1 atom stereocenters. The zero-order valence-electron chi connectivity index (χ0n) is 27.5. The minimum absolute atomic E-state index is 0.0676. The van der Waals surface area contributed by atoms with E-state index >= 15 is 4.39 Å². The van der Waals surface area contributed by atoms with E-state index in [1.165, 1.54) is 0 Å². The smallest absolute Gasteiger partial charge is 0.408 e. The van der Waals surface area contributed by atoms with Crippen molar-refractivity contribution in [3.63, 3.8) is 0 Å². The van der Waals surface area contributed by atoms with Gasteiger partial charge in [-0.3, -0.25) is 4.79 Å². The van der Waals surface area contributed by atoms with Crippen molar-refractivity contribution in [2.75, 3.05) is 0 Å². The Morgan fingerprint density at radius 2 is 1.63 bits per heavy atom. The molecule has 46 heavy (non-hydrogen) atoms. The second-order valence-corrected chi connectivity index (χ2v) is 13.0. The molecule has 1 amide bonds. The van der Waals surface area contributed by atoms with Gasteiger partial charge in [-0.15, -0.1) is 0 Å². The number of carbonyl (C=O) groups is 2. The SMILES string of the molecule is CC(NC(=O)OC(C)(C)C)c1cccc(-c2cc(C=Cc3ccco3)cc(COc3ccccc3CC(=O)OC(C)(C)C)c2)c1F. The number of halogens is 1. The number of rotatable bonds is 10. The predicted octanol–water partition coefficient (Wildman–Crippen LogP) is 9.31. The number of nitrogens with one attached hydrogen (secondary N) is 1. The van der Waals surface area contributed by atoms with Crippen molar-refractivity contribution in [3.05, 3.63) is 113 Å². The lowest BCUT2D eigenvalue weighted by Crippen LogP contribution is -2.34. The molecule has 1 N–H and O–H groups in total. The second-order valence-electron chi connectivity index (χ2n) is 13.0. The molecule has 7 nitrogen and oxygen atoms in total. The highest BCUT2D eigenvalue weighted by molar-refractivity contribution is 5.75. The molecule has 3 aromatic carbocycles. The van der Waals surface area contributed by atoms with Crippen LogP contribution in [-0.2, 0) is 27.3 Å².